The number of anilines is 1. The number of rotatable bonds is 8. The minimum Gasteiger partial charge on any atom is -0.497 e. The number of nitrogens with one attached hydrogen (secondary N) is 1. The zero-order valence-corrected chi connectivity index (χ0v) is 12.9. The molecule has 1 N–H and O–H groups in total. The Morgan fingerprint density at radius 3 is 2.55 bits per heavy atom. The van der Waals surface area contributed by atoms with Crippen LogP contribution in [0, 0.1) is 5.92 Å². The SMILES string of the molecule is CCCCC(CC)C(=O)Nc1cc(OC)ccc1OC. The van der Waals surface area contributed by atoms with Crippen molar-refractivity contribution in [3.05, 3.63) is 18.2 Å². The molecule has 0 aromatic heterocycles. The lowest BCUT2D eigenvalue weighted by atomic mass is 9.98. The van der Waals surface area contributed by atoms with Crippen LogP contribution < -0.4 is 14.8 Å². The predicted octanol–water partition coefficient (Wildman–Crippen LogP) is 3.86. The van der Waals surface area contributed by atoms with Crippen LogP contribution in [0.5, 0.6) is 11.5 Å². The molecule has 0 saturated carbocycles. The van der Waals surface area contributed by atoms with Crippen molar-refractivity contribution in [2.75, 3.05) is 19.5 Å². The zero-order chi connectivity index (χ0) is 15.0. The third kappa shape index (κ3) is 4.44. The van der Waals surface area contributed by atoms with E-state index in [4.69, 9.17) is 9.47 Å². The third-order valence-corrected chi connectivity index (χ3v) is 3.43. The maximum atomic E-state index is 12.3. The highest BCUT2D eigenvalue weighted by Crippen LogP contribution is 2.29. The van der Waals surface area contributed by atoms with Gasteiger partial charge in [0.15, 0.2) is 0 Å². The highest BCUT2D eigenvalue weighted by atomic mass is 16.5. The summed E-state index contributed by atoms with van der Waals surface area (Å²) in [6.45, 7) is 4.18. The summed E-state index contributed by atoms with van der Waals surface area (Å²) in [6.07, 6.45) is 3.94. The molecule has 1 aromatic rings. The minimum atomic E-state index is 0.0471. The number of carbonyl (C=O) groups is 1. The lowest BCUT2D eigenvalue weighted by molar-refractivity contribution is -0.120. The first-order chi connectivity index (χ1) is 9.65. The average molecular weight is 279 g/mol. The summed E-state index contributed by atoms with van der Waals surface area (Å²) < 4.78 is 10.5. The van der Waals surface area contributed by atoms with Crippen molar-refractivity contribution in [3.63, 3.8) is 0 Å². The van der Waals surface area contributed by atoms with E-state index in [0.29, 0.717) is 17.2 Å². The van der Waals surface area contributed by atoms with E-state index in [1.54, 1.807) is 26.4 Å². The molecule has 1 aromatic carbocycles. The Labute approximate surface area is 121 Å². The second kappa shape index (κ2) is 8.46. The monoisotopic (exact) mass is 279 g/mol. The Morgan fingerprint density at radius 2 is 2.00 bits per heavy atom. The van der Waals surface area contributed by atoms with Crippen LogP contribution in [-0.2, 0) is 4.79 Å². The van der Waals surface area contributed by atoms with Gasteiger partial charge in [-0.15, -0.1) is 0 Å². The zero-order valence-electron chi connectivity index (χ0n) is 12.9. The second-order valence-electron chi connectivity index (χ2n) is 4.80. The second-order valence-corrected chi connectivity index (χ2v) is 4.80. The molecule has 1 rings (SSSR count). The first kappa shape index (κ1) is 16.3. The highest BCUT2D eigenvalue weighted by Gasteiger charge is 2.17. The molecule has 0 spiro atoms. The van der Waals surface area contributed by atoms with Gasteiger partial charge in [0.05, 0.1) is 19.9 Å². The molecule has 20 heavy (non-hydrogen) atoms. The van der Waals surface area contributed by atoms with Crippen LogP contribution in [0.1, 0.15) is 39.5 Å². The van der Waals surface area contributed by atoms with Crippen molar-refractivity contribution in [1.82, 2.24) is 0 Å². The number of methoxy groups -OCH3 is 2. The molecule has 0 aliphatic heterocycles. The molecule has 0 bridgehead atoms. The minimum absolute atomic E-state index is 0.0471. The van der Waals surface area contributed by atoms with E-state index in [0.717, 1.165) is 25.7 Å². The molecule has 112 valence electrons. The summed E-state index contributed by atoms with van der Waals surface area (Å²) in [6, 6.07) is 5.38. The van der Waals surface area contributed by atoms with Gasteiger partial charge in [0.25, 0.3) is 0 Å². The molecular formula is C16H25NO3. The summed E-state index contributed by atoms with van der Waals surface area (Å²) >= 11 is 0. The Hall–Kier alpha value is -1.71. The van der Waals surface area contributed by atoms with Crippen LogP contribution in [-0.4, -0.2) is 20.1 Å². The number of ether oxygens (including phenoxy) is 2. The fraction of sp³-hybridized carbons (Fsp3) is 0.562. The molecule has 1 atom stereocenters. The van der Waals surface area contributed by atoms with E-state index in [1.807, 2.05) is 13.0 Å². The van der Waals surface area contributed by atoms with Gasteiger partial charge in [0.2, 0.25) is 5.91 Å². The molecule has 1 unspecified atom stereocenters. The Kier molecular flexibility index (Phi) is 6.91. The average Bonchev–Trinajstić information content (AvgIpc) is 2.47. The summed E-state index contributed by atoms with van der Waals surface area (Å²) in [4.78, 5) is 12.3. The lowest BCUT2D eigenvalue weighted by Gasteiger charge is -2.16. The Balaban J connectivity index is 2.82. The first-order valence-corrected chi connectivity index (χ1v) is 7.19. The van der Waals surface area contributed by atoms with Crippen molar-refractivity contribution >= 4 is 11.6 Å². The number of unbranched alkanes of at least 4 members (excludes halogenated alkanes) is 1. The van der Waals surface area contributed by atoms with Crippen molar-refractivity contribution in [2.24, 2.45) is 5.92 Å². The third-order valence-electron chi connectivity index (χ3n) is 3.43. The fourth-order valence-electron chi connectivity index (χ4n) is 2.12. The van der Waals surface area contributed by atoms with Gasteiger partial charge in [-0.2, -0.15) is 0 Å². The van der Waals surface area contributed by atoms with Gasteiger partial charge >= 0.3 is 0 Å². The molecule has 0 radical (unpaired) electrons. The van der Waals surface area contributed by atoms with Gasteiger partial charge in [0, 0.05) is 12.0 Å². The maximum Gasteiger partial charge on any atom is 0.227 e. The van der Waals surface area contributed by atoms with Gasteiger partial charge in [-0.25, -0.2) is 0 Å². The largest absolute Gasteiger partial charge is 0.497 e. The number of carbonyl (C=O) groups excluding carboxylic acids is 1. The molecule has 0 heterocycles. The van der Waals surface area contributed by atoms with Crippen LogP contribution in [0.2, 0.25) is 0 Å². The van der Waals surface area contributed by atoms with E-state index in [9.17, 15) is 4.79 Å². The van der Waals surface area contributed by atoms with Gasteiger partial charge in [-0.05, 0) is 25.0 Å². The number of hydrogen-bond acceptors (Lipinski definition) is 3. The first-order valence-electron chi connectivity index (χ1n) is 7.19. The quantitative estimate of drug-likeness (QED) is 0.786. The number of amides is 1. The molecule has 0 aliphatic rings. The van der Waals surface area contributed by atoms with Crippen LogP contribution in [0.4, 0.5) is 5.69 Å². The smallest absolute Gasteiger partial charge is 0.227 e. The van der Waals surface area contributed by atoms with E-state index >= 15 is 0 Å². The summed E-state index contributed by atoms with van der Waals surface area (Å²) in [5.41, 5.74) is 0.659. The van der Waals surface area contributed by atoms with Crippen LogP contribution in [0.15, 0.2) is 18.2 Å². The highest BCUT2D eigenvalue weighted by molar-refractivity contribution is 5.94. The topological polar surface area (TPSA) is 47.6 Å². The van der Waals surface area contributed by atoms with E-state index in [1.165, 1.54) is 0 Å². The van der Waals surface area contributed by atoms with Gasteiger partial charge in [-0.3, -0.25) is 4.79 Å². The standard InChI is InChI=1S/C16H25NO3/c1-5-7-8-12(6-2)16(18)17-14-11-13(19-3)9-10-15(14)20-4/h9-12H,5-8H2,1-4H3,(H,17,18). The van der Waals surface area contributed by atoms with Gasteiger partial charge in [0.1, 0.15) is 11.5 Å². The van der Waals surface area contributed by atoms with Crippen molar-refractivity contribution in [3.8, 4) is 11.5 Å². The van der Waals surface area contributed by atoms with Crippen LogP contribution >= 0.6 is 0 Å². The Bertz CT molecular complexity index is 432. The molecule has 0 fully saturated rings. The van der Waals surface area contributed by atoms with Crippen LogP contribution in [0.25, 0.3) is 0 Å². The van der Waals surface area contributed by atoms with Gasteiger partial charge in [-0.1, -0.05) is 26.7 Å². The molecule has 4 heteroatoms. The van der Waals surface area contributed by atoms with E-state index < -0.39 is 0 Å². The Morgan fingerprint density at radius 1 is 1.25 bits per heavy atom. The van der Waals surface area contributed by atoms with Crippen molar-refractivity contribution in [1.29, 1.82) is 0 Å². The van der Waals surface area contributed by atoms with Crippen LogP contribution in [0.3, 0.4) is 0 Å². The summed E-state index contributed by atoms with van der Waals surface area (Å²) in [5.74, 6) is 1.44. The maximum absolute atomic E-state index is 12.3. The van der Waals surface area contributed by atoms with Crippen molar-refractivity contribution < 1.29 is 14.3 Å². The lowest BCUT2D eigenvalue weighted by Crippen LogP contribution is -2.22. The molecule has 1 amide bonds. The fourth-order valence-corrected chi connectivity index (χ4v) is 2.12. The molecule has 0 saturated heterocycles. The molecule has 0 aliphatic carbocycles. The van der Waals surface area contributed by atoms with E-state index in [-0.39, 0.29) is 11.8 Å². The van der Waals surface area contributed by atoms with Gasteiger partial charge < -0.3 is 14.8 Å². The summed E-state index contributed by atoms with van der Waals surface area (Å²) in [5, 5.41) is 2.95. The number of hydrogen-bond donors (Lipinski definition) is 1. The van der Waals surface area contributed by atoms with Crippen molar-refractivity contribution in [2.45, 2.75) is 39.5 Å². The summed E-state index contributed by atoms with van der Waals surface area (Å²) in [7, 11) is 3.19. The normalized spacial score (nSPS) is 11.8. The molecule has 4 nitrogen and oxygen atoms in total. The number of benzene rings is 1. The van der Waals surface area contributed by atoms with E-state index in [2.05, 4.69) is 12.2 Å². The predicted molar refractivity (Wildman–Crippen MR) is 81.5 cm³/mol. The molecular weight excluding hydrogens is 254 g/mol.